The van der Waals surface area contributed by atoms with Crippen LogP contribution in [0.3, 0.4) is 0 Å². The predicted octanol–water partition coefficient (Wildman–Crippen LogP) is 2.02. The van der Waals surface area contributed by atoms with Crippen molar-refractivity contribution in [1.82, 2.24) is 4.57 Å². The molecule has 11 heavy (non-hydrogen) atoms. The van der Waals surface area contributed by atoms with E-state index in [1.165, 1.54) is 25.8 Å². The fourth-order valence-electron chi connectivity index (χ4n) is 1.18. The molecule has 0 heterocycles. The topological polar surface area (TPSA) is 3.24 Å². The first-order valence-corrected chi connectivity index (χ1v) is 6.34. The summed E-state index contributed by atoms with van der Waals surface area (Å²) in [7, 11) is 2.36. The van der Waals surface area contributed by atoms with Crippen LogP contribution in [-0.2, 0) is 0 Å². The third-order valence-corrected chi connectivity index (χ3v) is 4.35. The lowest BCUT2D eigenvalue weighted by Gasteiger charge is -2.19. The Balaban J connectivity index is 3.27. The van der Waals surface area contributed by atoms with Crippen LogP contribution >= 0.6 is 0 Å². The molecule has 0 aliphatic rings. The van der Waals surface area contributed by atoms with Crippen LogP contribution < -0.4 is 0 Å². The predicted molar refractivity (Wildman–Crippen MR) is 55.8 cm³/mol. The zero-order valence-electron chi connectivity index (χ0n) is 8.56. The monoisotopic (exact) mass is 173 g/mol. The summed E-state index contributed by atoms with van der Waals surface area (Å²) in [6.07, 6.45) is 4.07. The van der Waals surface area contributed by atoms with Crippen molar-refractivity contribution >= 4 is 9.68 Å². The lowest BCUT2D eigenvalue weighted by Crippen LogP contribution is -2.26. The van der Waals surface area contributed by atoms with Crippen LogP contribution in [0.4, 0.5) is 0 Å². The highest BCUT2D eigenvalue weighted by Gasteiger charge is 2.03. The first-order valence-electron chi connectivity index (χ1n) is 4.89. The van der Waals surface area contributed by atoms with Crippen molar-refractivity contribution in [2.24, 2.45) is 0 Å². The van der Waals surface area contributed by atoms with Crippen molar-refractivity contribution in [3.63, 3.8) is 0 Å². The Morgan fingerprint density at radius 2 is 2.00 bits per heavy atom. The number of nitrogens with zero attached hydrogens (tertiary/aromatic N) is 1. The molecule has 0 aliphatic carbocycles. The second-order valence-electron chi connectivity index (χ2n) is 3.63. The molecular formula is C9H23NSi. The standard InChI is InChI=1S/C9H23NSi/c1-5-7-8-10(4)11-9(3)6-2/h9H,5-8,11H2,1-4H3. The maximum absolute atomic E-state index is 2.58. The molecule has 0 aliphatic heterocycles. The Hall–Kier alpha value is 0.177. The van der Waals surface area contributed by atoms with E-state index in [9.17, 15) is 0 Å². The van der Waals surface area contributed by atoms with Crippen LogP contribution in [0.25, 0.3) is 0 Å². The second-order valence-corrected chi connectivity index (χ2v) is 6.47. The van der Waals surface area contributed by atoms with Crippen molar-refractivity contribution in [2.75, 3.05) is 13.6 Å². The SMILES string of the molecule is CCCCN(C)[SiH2]C(C)CC. The van der Waals surface area contributed by atoms with Crippen molar-refractivity contribution in [3.8, 4) is 0 Å². The molecule has 1 atom stereocenters. The van der Waals surface area contributed by atoms with E-state index in [2.05, 4.69) is 32.4 Å². The van der Waals surface area contributed by atoms with Crippen LogP contribution in [0.2, 0.25) is 5.54 Å². The van der Waals surface area contributed by atoms with E-state index >= 15 is 0 Å². The van der Waals surface area contributed by atoms with Gasteiger partial charge in [-0.05, 0) is 25.6 Å². The molecule has 0 spiro atoms. The van der Waals surface area contributed by atoms with Gasteiger partial charge in [-0.1, -0.05) is 33.6 Å². The van der Waals surface area contributed by atoms with Gasteiger partial charge in [0.2, 0.25) is 0 Å². The third-order valence-electron chi connectivity index (χ3n) is 2.21. The fraction of sp³-hybridized carbons (Fsp3) is 1.00. The normalized spacial score (nSPS) is 15.0. The molecule has 0 bridgehead atoms. The first kappa shape index (κ1) is 11.2. The summed E-state index contributed by atoms with van der Waals surface area (Å²) >= 11 is 0. The molecule has 2 heteroatoms. The maximum Gasteiger partial charge on any atom is 0.0974 e. The van der Waals surface area contributed by atoms with E-state index in [1.54, 1.807) is 0 Å². The lowest BCUT2D eigenvalue weighted by atomic mass is 10.3. The minimum absolute atomic E-state index is 0.0731. The zero-order chi connectivity index (χ0) is 8.69. The van der Waals surface area contributed by atoms with Crippen molar-refractivity contribution in [3.05, 3.63) is 0 Å². The van der Waals surface area contributed by atoms with Gasteiger partial charge in [-0.3, -0.25) is 0 Å². The van der Waals surface area contributed by atoms with Crippen LogP contribution in [0.5, 0.6) is 0 Å². The summed E-state index contributed by atoms with van der Waals surface area (Å²) in [5.41, 5.74) is 0.997. The van der Waals surface area contributed by atoms with Gasteiger partial charge in [0.25, 0.3) is 0 Å². The van der Waals surface area contributed by atoms with E-state index in [1.807, 2.05) is 0 Å². The molecule has 0 aromatic heterocycles. The average Bonchev–Trinajstić information content (AvgIpc) is 2.00. The molecule has 0 radical (unpaired) electrons. The summed E-state index contributed by atoms with van der Waals surface area (Å²) < 4.78 is 2.58. The summed E-state index contributed by atoms with van der Waals surface area (Å²) in [6.45, 7) is 8.27. The van der Waals surface area contributed by atoms with Gasteiger partial charge < -0.3 is 4.57 Å². The number of unbranched alkanes of at least 4 members (excludes halogenated alkanes) is 1. The largest absolute Gasteiger partial charge is 0.331 e. The summed E-state index contributed by atoms with van der Waals surface area (Å²) in [5.74, 6) is 0. The molecule has 0 saturated carbocycles. The molecule has 0 rings (SSSR count). The molecule has 0 saturated heterocycles. The van der Waals surface area contributed by atoms with Crippen LogP contribution in [-0.4, -0.2) is 27.8 Å². The fourth-order valence-corrected chi connectivity index (χ4v) is 2.91. The van der Waals surface area contributed by atoms with E-state index < -0.39 is 0 Å². The van der Waals surface area contributed by atoms with E-state index in [0.717, 1.165) is 5.54 Å². The maximum atomic E-state index is 2.58. The molecule has 1 nitrogen and oxygen atoms in total. The summed E-state index contributed by atoms with van der Waals surface area (Å²) in [6, 6.07) is 0. The Morgan fingerprint density at radius 1 is 1.36 bits per heavy atom. The van der Waals surface area contributed by atoms with Crippen LogP contribution in [0.1, 0.15) is 40.0 Å². The smallest absolute Gasteiger partial charge is 0.0974 e. The van der Waals surface area contributed by atoms with Gasteiger partial charge in [-0.2, -0.15) is 0 Å². The molecular weight excluding hydrogens is 150 g/mol. The van der Waals surface area contributed by atoms with Gasteiger partial charge in [0.05, 0.1) is 9.68 Å². The van der Waals surface area contributed by atoms with Gasteiger partial charge in [-0.25, -0.2) is 0 Å². The summed E-state index contributed by atoms with van der Waals surface area (Å²) in [4.78, 5) is 0. The molecule has 1 unspecified atom stereocenters. The van der Waals surface area contributed by atoms with Gasteiger partial charge in [0, 0.05) is 0 Å². The molecule has 0 aromatic rings. The van der Waals surface area contributed by atoms with E-state index in [-0.39, 0.29) is 9.68 Å². The minimum Gasteiger partial charge on any atom is -0.331 e. The number of hydrogen-bond acceptors (Lipinski definition) is 1. The van der Waals surface area contributed by atoms with Crippen molar-refractivity contribution in [2.45, 2.75) is 45.6 Å². The minimum atomic E-state index is 0.0731. The van der Waals surface area contributed by atoms with Gasteiger partial charge >= 0.3 is 0 Å². The average molecular weight is 173 g/mol. The Morgan fingerprint density at radius 3 is 2.45 bits per heavy atom. The Kier molecular flexibility index (Phi) is 6.97. The quantitative estimate of drug-likeness (QED) is 0.556. The third kappa shape index (κ3) is 6.57. The van der Waals surface area contributed by atoms with Crippen LogP contribution in [0.15, 0.2) is 0 Å². The number of hydrogen-bond donors (Lipinski definition) is 0. The van der Waals surface area contributed by atoms with Crippen molar-refractivity contribution in [1.29, 1.82) is 0 Å². The Labute approximate surface area is 74.1 Å². The number of rotatable bonds is 6. The van der Waals surface area contributed by atoms with Gasteiger partial charge in [-0.15, -0.1) is 0 Å². The highest BCUT2D eigenvalue weighted by atomic mass is 28.2. The molecule has 0 amide bonds. The molecule has 0 fully saturated rings. The highest BCUT2D eigenvalue weighted by molar-refractivity contribution is 6.33. The van der Waals surface area contributed by atoms with E-state index in [4.69, 9.17) is 0 Å². The van der Waals surface area contributed by atoms with E-state index in [0.29, 0.717) is 0 Å². The van der Waals surface area contributed by atoms with Crippen molar-refractivity contribution < 1.29 is 0 Å². The second kappa shape index (κ2) is 6.86. The summed E-state index contributed by atoms with van der Waals surface area (Å²) in [5, 5.41) is 0. The van der Waals surface area contributed by atoms with Gasteiger partial charge in [0.15, 0.2) is 0 Å². The van der Waals surface area contributed by atoms with Crippen LogP contribution in [0, 0.1) is 0 Å². The molecule has 0 N–H and O–H groups in total. The zero-order valence-corrected chi connectivity index (χ0v) is 9.97. The lowest BCUT2D eigenvalue weighted by molar-refractivity contribution is 0.500. The van der Waals surface area contributed by atoms with Gasteiger partial charge in [0.1, 0.15) is 0 Å². The Bertz CT molecular complexity index is 85.6. The highest BCUT2D eigenvalue weighted by Crippen LogP contribution is 2.07. The first-order chi connectivity index (χ1) is 5.20. The molecule has 0 aromatic carbocycles. The molecule has 68 valence electrons.